The minimum absolute atomic E-state index is 0.727. The lowest BCUT2D eigenvalue weighted by atomic mass is 10.1. The average Bonchev–Trinajstić information content (AvgIpc) is 3.24. The molecule has 24 heavy (non-hydrogen) atoms. The van der Waals surface area contributed by atoms with Crippen LogP contribution in [0.1, 0.15) is 11.5 Å². The van der Waals surface area contributed by atoms with Gasteiger partial charge in [-0.1, -0.05) is 5.16 Å². The summed E-state index contributed by atoms with van der Waals surface area (Å²) in [6.07, 6.45) is 7.99. The van der Waals surface area contributed by atoms with Crippen molar-refractivity contribution in [3.63, 3.8) is 0 Å². The third kappa shape index (κ3) is 2.05. The largest absolute Gasteiger partial charge is 0.361 e. The molecule has 7 heteroatoms. The second-order valence-electron chi connectivity index (χ2n) is 5.75. The molecule has 0 aromatic carbocycles. The first-order valence-electron chi connectivity index (χ1n) is 7.46. The summed E-state index contributed by atoms with van der Waals surface area (Å²) >= 11 is 0. The Hall–Kier alpha value is -3.22. The number of aryl methyl sites for hydroxylation is 3. The van der Waals surface area contributed by atoms with Gasteiger partial charge in [-0.05, 0) is 19.9 Å². The van der Waals surface area contributed by atoms with Crippen molar-refractivity contribution in [3.05, 3.63) is 42.3 Å². The molecule has 0 aliphatic heterocycles. The molecule has 0 aliphatic rings. The topological polar surface area (TPSA) is 78.7 Å². The van der Waals surface area contributed by atoms with Gasteiger partial charge in [-0.3, -0.25) is 19.0 Å². The summed E-state index contributed by atoms with van der Waals surface area (Å²) < 4.78 is 8.48. The highest BCUT2D eigenvalue weighted by Gasteiger charge is 2.17. The van der Waals surface area contributed by atoms with Crippen LogP contribution >= 0.6 is 0 Å². The predicted molar refractivity (Wildman–Crippen MR) is 89.1 cm³/mol. The maximum absolute atomic E-state index is 11.5. The average molecular weight is 321 g/mol. The van der Waals surface area contributed by atoms with Crippen LogP contribution in [0.3, 0.4) is 0 Å². The van der Waals surface area contributed by atoms with E-state index in [9.17, 15) is 4.79 Å². The fraction of sp³-hybridized carbons (Fsp3) is 0.176. The summed E-state index contributed by atoms with van der Waals surface area (Å²) in [4.78, 5) is 16.1. The van der Waals surface area contributed by atoms with Gasteiger partial charge in [-0.2, -0.15) is 5.10 Å². The van der Waals surface area contributed by atoms with E-state index in [1.165, 1.54) is 4.57 Å². The summed E-state index contributed by atoms with van der Waals surface area (Å²) in [5.41, 5.74) is 5.86. The van der Waals surface area contributed by atoms with E-state index in [4.69, 9.17) is 4.52 Å². The van der Waals surface area contributed by atoms with E-state index in [0.717, 1.165) is 51.2 Å². The van der Waals surface area contributed by atoms with Gasteiger partial charge in [0.25, 0.3) is 0 Å². The number of nitrogens with zero attached hydrogens (tertiary/aromatic N) is 5. The Bertz CT molecular complexity index is 1050. The molecule has 4 aromatic rings. The van der Waals surface area contributed by atoms with Crippen LogP contribution in [0.25, 0.3) is 33.3 Å². The third-order valence-corrected chi connectivity index (χ3v) is 4.12. The molecule has 0 aliphatic carbocycles. The molecule has 0 amide bonds. The molecule has 0 fully saturated rings. The molecule has 4 rings (SSSR count). The van der Waals surface area contributed by atoms with Crippen LogP contribution in [0.15, 0.2) is 35.4 Å². The van der Waals surface area contributed by atoms with Crippen LogP contribution in [0.2, 0.25) is 0 Å². The van der Waals surface area contributed by atoms with Crippen molar-refractivity contribution in [2.75, 3.05) is 0 Å². The Balaban J connectivity index is 1.96. The normalized spacial score (nSPS) is 11.3. The summed E-state index contributed by atoms with van der Waals surface area (Å²) in [5.74, 6) is 0.727. The highest BCUT2D eigenvalue weighted by molar-refractivity contribution is 5.97. The smallest absolute Gasteiger partial charge is 0.218 e. The van der Waals surface area contributed by atoms with E-state index in [-0.39, 0.29) is 0 Å². The van der Waals surface area contributed by atoms with E-state index in [0.29, 0.717) is 0 Å². The second kappa shape index (κ2) is 5.16. The number of fused-ring (bicyclic) bond motifs is 1. The number of carbonyl (C=O) groups is 1. The lowest BCUT2D eigenvalue weighted by molar-refractivity contribution is 0.393. The number of rotatable bonds is 3. The van der Waals surface area contributed by atoms with Crippen molar-refractivity contribution >= 4 is 17.4 Å². The van der Waals surface area contributed by atoms with Gasteiger partial charge in [0.15, 0.2) is 0 Å². The monoisotopic (exact) mass is 321 g/mol. The Labute approximate surface area is 137 Å². The molecule has 7 nitrogen and oxygen atoms in total. The third-order valence-electron chi connectivity index (χ3n) is 4.12. The fourth-order valence-corrected chi connectivity index (χ4v) is 3.02. The van der Waals surface area contributed by atoms with Gasteiger partial charge >= 0.3 is 0 Å². The molecular formula is C17H15N5O2. The number of hydrogen-bond donors (Lipinski definition) is 0. The van der Waals surface area contributed by atoms with Crippen molar-refractivity contribution < 1.29 is 9.32 Å². The van der Waals surface area contributed by atoms with Crippen LogP contribution in [-0.2, 0) is 11.8 Å². The Kier molecular flexibility index (Phi) is 3.09. The van der Waals surface area contributed by atoms with E-state index in [2.05, 4.69) is 15.2 Å². The maximum atomic E-state index is 11.5. The van der Waals surface area contributed by atoms with Crippen molar-refractivity contribution in [1.29, 1.82) is 0 Å². The summed E-state index contributed by atoms with van der Waals surface area (Å²) in [5, 5.41) is 8.17. The zero-order valence-corrected chi connectivity index (χ0v) is 13.5. The minimum Gasteiger partial charge on any atom is -0.361 e. The lowest BCUT2D eigenvalue weighted by Gasteiger charge is -2.02. The van der Waals surface area contributed by atoms with Crippen molar-refractivity contribution in [1.82, 2.24) is 24.5 Å². The van der Waals surface area contributed by atoms with Gasteiger partial charge in [-0.25, -0.2) is 0 Å². The van der Waals surface area contributed by atoms with E-state index < -0.39 is 0 Å². The molecule has 0 radical (unpaired) electrons. The number of carbonyl (C=O) groups excluding carboxylic acids is 1. The van der Waals surface area contributed by atoms with Crippen LogP contribution in [-0.4, -0.2) is 30.9 Å². The molecule has 0 spiro atoms. The molecule has 0 atom stereocenters. The van der Waals surface area contributed by atoms with Crippen LogP contribution in [0.5, 0.6) is 0 Å². The number of hydrogen-bond acceptors (Lipinski definition) is 5. The van der Waals surface area contributed by atoms with Crippen molar-refractivity contribution in [2.24, 2.45) is 7.05 Å². The molecule has 0 bridgehead atoms. The van der Waals surface area contributed by atoms with Crippen LogP contribution < -0.4 is 0 Å². The first kappa shape index (κ1) is 14.4. The van der Waals surface area contributed by atoms with Crippen molar-refractivity contribution in [3.8, 4) is 22.3 Å². The van der Waals surface area contributed by atoms with Gasteiger partial charge in [0.05, 0.1) is 22.9 Å². The lowest BCUT2D eigenvalue weighted by Crippen LogP contribution is -1.92. The highest BCUT2D eigenvalue weighted by atomic mass is 16.5. The van der Waals surface area contributed by atoms with Gasteiger partial charge in [0, 0.05) is 47.9 Å². The van der Waals surface area contributed by atoms with Gasteiger partial charge < -0.3 is 4.52 Å². The quantitative estimate of drug-likeness (QED) is 0.542. The summed E-state index contributed by atoms with van der Waals surface area (Å²) in [7, 11) is 1.85. The Morgan fingerprint density at radius 3 is 2.62 bits per heavy atom. The summed E-state index contributed by atoms with van der Waals surface area (Å²) in [6, 6.07) is 1.93. The fourth-order valence-electron chi connectivity index (χ4n) is 3.02. The van der Waals surface area contributed by atoms with Gasteiger partial charge in [-0.15, -0.1) is 0 Å². The minimum atomic E-state index is 0.727. The van der Waals surface area contributed by atoms with Gasteiger partial charge in [0.1, 0.15) is 5.76 Å². The Morgan fingerprint density at radius 2 is 2.00 bits per heavy atom. The van der Waals surface area contributed by atoms with Gasteiger partial charge in [0.2, 0.25) is 6.41 Å². The van der Waals surface area contributed by atoms with Crippen molar-refractivity contribution in [2.45, 2.75) is 13.8 Å². The predicted octanol–water partition coefficient (Wildman–Crippen LogP) is 2.75. The zero-order valence-electron chi connectivity index (χ0n) is 13.5. The second-order valence-corrected chi connectivity index (χ2v) is 5.75. The highest BCUT2D eigenvalue weighted by Crippen LogP contribution is 2.33. The van der Waals surface area contributed by atoms with E-state index in [1.54, 1.807) is 23.3 Å². The molecule has 0 saturated heterocycles. The molecular weight excluding hydrogens is 306 g/mol. The van der Waals surface area contributed by atoms with Crippen LogP contribution in [0.4, 0.5) is 0 Å². The zero-order chi connectivity index (χ0) is 16.8. The molecule has 0 saturated carbocycles. The molecule has 120 valence electrons. The van der Waals surface area contributed by atoms with Crippen LogP contribution in [0, 0.1) is 13.8 Å². The Morgan fingerprint density at radius 1 is 1.17 bits per heavy atom. The first-order chi connectivity index (χ1) is 11.6. The summed E-state index contributed by atoms with van der Waals surface area (Å²) in [6.45, 7) is 3.75. The number of aromatic nitrogens is 5. The first-order valence-corrected chi connectivity index (χ1v) is 7.46. The molecule has 4 aromatic heterocycles. The van der Waals surface area contributed by atoms with E-state index in [1.807, 2.05) is 33.2 Å². The SMILES string of the molecule is Cc1noc(C)c1-c1cnc2c(-c3cnn(C)c3)cn(C=O)c2c1. The standard InChI is InChI=1S/C17H15N5O2/c1-10-16(11(2)24-20-10)12-4-15-17(18-5-12)14(8-22(15)9-23)13-6-19-21(3)7-13/h4-9H,1-3H3. The molecule has 4 heterocycles. The number of pyridine rings is 1. The molecule has 0 unspecified atom stereocenters. The maximum Gasteiger partial charge on any atom is 0.218 e. The molecule has 0 N–H and O–H groups in total. The van der Waals surface area contributed by atoms with E-state index >= 15 is 0 Å².